The Balaban J connectivity index is 1.44. The molecule has 1 unspecified atom stereocenters. The zero-order valence-corrected chi connectivity index (χ0v) is 14.5. The minimum absolute atomic E-state index is 0.0460. The van der Waals surface area contributed by atoms with E-state index < -0.39 is 5.79 Å². The maximum atomic E-state index is 12.9. The fourth-order valence-corrected chi connectivity index (χ4v) is 4.60. The average Bonchev–Trinajstić information content (AvgIpc) is 3.06. The first kappa shape index (κ1) is 16.1. The van der Waals surface area contributed by atoms with Crippen molar-refractivity contribution in [2.45, 2.75) is 37.3 Å². The molecule has 4 heterocycles. The number of ether oxygens (including phenoxy) is 2. The molecule has 0 N–H and O–H groups in total. The monoisotopic (exact) mass is 351 g/mol. The van der Waals surface area contributed by atoms with Gasteiger partial charge in [0.2, 0.25) is 5.91 Å². The molecule has 8 heteroatoms. The van der Waals surface area contributed by atoms with Crippen molar-refractivity contribution in [3.8, 4) is 0 Å². The number of hydrogen-bond acceptors (Lipinski definition) is 6. The molecule has 4 rings (SSSR count). The Morgan fingerprint density at radius 3 is 2.75 bits per heavy atom. The SMILES string of the molecule is Cc1cnc2n(c1=O)CC(C(=O)N1CCC3(CC1)OCCO3)CS2. The van der Waals surface area contributed by atoms with Crippen LogP contribution in [0.2, 0.25) is 0 Å². The Labute approximate surface area is 144 Å². The largest absolute Gasteiger partial charge is 0.347 e. The highest BCUT2D eigenvalue weighted by Crippen LogP contribution is 2.33. The van der Waals surface area contributed by atoms with Gasteiger partial charge < -0.3 is 14.4 Å². The van der Waals surface area contributed by atoms with E-state index in [0.29, 0.717) is 49.3 Å². The van der Waals surface area contributed by atoms with Crippen molar-refractivity contribution in [2.24, 2.45) is 5.92 Å². The van der Waals surface area contributed by atoms with E-state index in [1.807, 2.05) is 4.90 Å². The molecule has 2 saturated heterocycles. The van der Waals surface area contributed by atoms with Gasteiger partial charge in [-0.15, -0.1) is 0 Å². The quantitative estimate of drug-likeness (QED) is 0.692. The molecule has 0 aliphatic carbocycles. The van der Waals surface area contributed by atoms with Gasteiger partial charge in [0.05, 0.1) is 19.1 Å². The lowest BCUT2D eigenvalue weighted by molar-refractivity contribution is -0.188. The van der Waals surface area contributed by atoms with E-state index >= 15 is 0 Å². The zero-order chi connectivity index (χ0) is 16.7. The van der Waals surface area contributed by atoms with Crippen LogP contribution in [0.1, 0.15) is 18.4 Å². The third-order valence-electron chi connectivity index (χ3n) is 5.00. The molecule has 1 amide bonds. The maximum absolute atomic E-state index is 12.9. The first-order valence-electron chi connectivity index (χ1n) is 8.34. The normalized spacial score (nSPS) is 25.7. The topological polar surface area (TPSA) is 73.7 Å². The highest BCUT2D eigenvalue weighted by molar-refractivity contribution is 7.99. The van der Waals surface area contributed by atoms with Crippen LogP contribution in [0.3, 0.4) is 0 Å². The van der Waals surface area contributed by atoms with E-state index in [4.69, 9.17) is 9.47 Å². The summed E-state index contributed by atoms with van der Waals surface area (Å²) in [5.41, 5.74) is 0.568. The third kappa shape index (κ3) is 2.76. The Kier molecular flexibility index (Phi) is 4.14. The maximum Gasteiger partial charge on any atom is 0.257 e. The number of thioether (sulfide) groups is 1. The number of likely N-dealkylation sites (tertiary alicyclic amines) is 1. The number of carbonyl (C=O) groups excluding carboxylic acids is 1. The molecular weight excluding hydrogens is 330 g/mol. The highest BCUT2D eigenvalue weighted by atomic mass is 32.2. The molecule has 0 bridgehead atoms. The van der Waals surface area contributed by atoms with E-state index in [1.54, 1.807) is 17.7 Å². The number of carbonyl (C=O) groups is 1. The zero-order valence-electron chi connectivity index (χ0n) is 13.7. The van der Waals surface area contributed by atoms with Gasteiger partial charge in [0.25, 0.3) is 5.56 Å². The molecule has 3 aliphatic rings. The van der Waals surface area contributed by atoms with Crippen molar-refractivity contribution in [3.63, 3.8) is 0 Å². The molecule has 1 aromatic rings. The second-order valence-corrected chi connectivity index (χ2v) is 7.57. The number of rotatable bonds is 1. The van der Waals surface area contributed by atoms with Crippen LogP contribution in [0.15, 0.2) is 16.1 Å². The van der Waals surface area contributed by atoms with Crippen molar-refractivity contribution in [1.82, 2.24) is 14.5 Å². The minimum atomic E-state index is -0.470. The predicted molar refractivity (Wildman–Crippen MR) is 87.9 cm³/mol. The van der Waals surface area contributed by atoms with E-state index in [1.165, 1.54) is 11.8 Å². The Morgan fingerprint density at radius 2 is 2.04 bits per heavy atom. The molecule has 0 saturated carbocycles. The molecule has 3 aliphatic heterocycles. The number of piperidine rings is 1. The van der Waals surface area contributed by atoms with Crippen LogP contribution < -0.4 is 5.56 Å². The van der Waals surface area contributed by atoms with Crippen molar-refractivity contribution in [2.75, 3.05) is 32.1 Å². The summed E-state index contributed by atoms with van der Waals surface area (Å²) in [4.78, 5) is 31.3. The van der Waals surface area contributed by atoms with Gasteiger partial charge in [-0.05, 0) is 6.92 Å². The number of aryl methyl sites for hydroxylation is 1. The molecular formula is C16H21N3O4S. The number of hydrogen-bond donors (Lipinski definition) is 0. The molecule has 0 radical (unpaired) electrons. The molecule has 130 valence electrons. The van der Waals surface area contributed by atoms with Crippen LogP contribution in [-0.2, 0) is 20.8 Å². The summed E-state index contributed by atoms with van der Waals surface area (Å²) in [5.74, 6) is 0.142. The van der Waals surface area contributed by atoms with Gasteiger partial charge in [0.15, 0.2) is 10.9 Å². The van der Waals surface area contributed by atoms with Gasteiger partial charge in [0, 0.05) is 50.0 Å². The summed E-state index contributed by atoms with van der Waals surface area (Å²) in [6.07, 6.45) is 3.04. The van der Waals surface area contributed by atoms with E-state index in [9.17, 15) is 9.59 Å². The summed E-state index contributed by atoms with van der Waals surface area (Å²) in [7, 11) is 0. The van der Waals surface area contributed by atoms with E-state index in [2.05, 4.69) is 4.98 Å². The average molecular weight is 351 g/mol. The molecule has 7 nitrogen and oxygen atoms in total. The number of fused-ring (bicyclic) bond motifs is 1. The third-order valence-corrected chi connectivity index (χ3v) is 6.15. The molecule has 24 heavy (non-hydrogen) atoms. The second kappa shape index (κ2) is 6.16. The van der Waals surface area contributed by atoms with Crippen molar-refractivity contribution in [3.05, 3.63) is 22.1 Å². The summed E-state index contributed by atoms with van der Waals surface area (Å²) in [6, 6.07) is 0. The molecule has 0 aromatic carbocycles. The van der Waals surface area contributed by atoms with Crippen LogP contribution in [0.25, 0.3) is 0 Å². The van der Waals surface area contributed by atoms with Crippen LogP contribution in [-0.4, -0.2) is 58.2 Å². The van der Waals surface area contributed by atoms with Crippen molar-refractivity contribution >= 4 is 17.7 Å². The molecule has 1 aromatic heterocycles. The Morgan fingerprint density at radius 1 is 1.33 bits per heavy atom. The number of amides is 1. The van der Waals surface area contributed by atoms with Gasteiger partial charge in [-0.25, -0.2) is 4.98 Å². The van der Waals surface area contributed by atoms with E-state index in [-0.39, 0.29) is 17.4 Å². The first-order chi connectivity index (χ1) is 11.6. The lowest BCUT2D eigenvalue weighted by atomic mass is 10.0. The lowest BCUT2D eigenvalue weighted by Crippen LogP contribution is -2.50. The van der Waals surface area contributed by atoms with Gasteiger partial charge in [-0.2, -0.15) is 0 Å². The van der Waals surface area contributed by atoms with Gasteiger partial charge in [-0.1, -0.05) is 11.8 Å². The minimum Gasteiger partial charge on any atom is -0.347 e. The lowest BCUT2D eigenvalue weighted by Gasteiger charge is -2.39. The van der Waals surface area contributed by atoms with Gasteiger partial charge in [0.1, 0.15) is 0 Å². The second-order valence-electron chi connectivity index (χ2n) is 6.58. The van der Waals surface area contributed by atoms with E-state index in [0.717, 1.165) is 12.8 Å². The smallest absolute Gasteiger partial charge is 0.257 e. The Hall–Kier alpha value is -1.38. The number of nitrogens with zero attached hydrogens (tertiary/aromatic N) is 3. The molecule has 1 atom stereocenters. The standard InChI is InChI=1S/C16H21N3O4S/c1-11-8-17-15-19(13(11)20)9-12(10-24-15)14(21)18-4-2-16(3-5-18)22-6-7-23-16/h8,12H,2-7,9-10H2,1H3. The summed E-state index contributed by atoms with van der Waals surface area (Å²) < 4.78 is 13.1. The fraction of sp³-hybridized carbons (Fsp3) is 0.688. The molecule has 2 fully saturated rings. The fourth-order valence-electron chi connectivity index (χ4n) is 3.56. The predicted octanol–water partition coefficient (Wildman–Crippen LogP) is 0.639. The van der Waals surface area contributed by atoms with Crippen LogP contribution in [0.4, 0.5) is 0 Å². The van der Waals surface area contributed by atoms with Gasteiger partial charge >= 0.3 is 0 Å². The summed E-state index contributed by atoms with van der Waals surface area (Å²) in [5, 5.41) is 0.708. The van der Waals surface area contributed by atoms with Crippen LogP contribution >= 0.6 is 11.8 Å². The first-order valence-corrected chi connectivity index (χ1v) is 9.32. The van der Waals surface area contributed by atoms with Crippen LogP contribution in [0, 0.1) is 12.8 Å². The highest BCUT2D eigenvalue weighted by Gasteiger charge is 2.42. The molecule has 1 spiro atoms. The summed E-state index contributed by atoms with van der Waals surface area (Å²) >= 11 is 1.49. The van der Waals surface area contributed by atoms with Gasteiger partial charge in [-0.3, -0.25) is 14.2 Å². The Bertz CT molecular complexity index is 704. The summed E-state index contributed by atoms with van der Waals surface area (Å²) in [6.45, 7) is 4.74. The van der Waals surface area contributed by atoms with Crippen molar-refractivity contribution < 1.29 is 14.3 Å². The number of aromatic nitrogens is 2. The van der Waals surface area contributed by atoms with Crippen LogP contribution in [0.5, 0.6) is 0 Å². The van der Waals surface area contributed by atoms with Crippen molar-refractivity contribution in [1.29, 1.82) is 0 Å².